The predicted molar refractivity (Wildman–Crippen MR) is 94.9 cm³/mol. The molecular formula is C19H22N4O. The second-order valence-corrected chi connectivity index (χ2v) is 6.31. The molecule has 2 heterocycles. The number of amides is 1. The molecular weight excluding hydrogens is 300 g/mol. The fraction of sp³-hybridized carbons (Fsp3) is 0.316. The molecule has 1 unspecified atom stereocenters. The quantitative estimate of drug-likeness (QED) is 0.785. The van der Waals surface area contributed by atoms with Gasteiger partial charge >= 0.3 is 0 Å². The van der Waals surface area contributed by atoms with Crippen molar-refractivity contribution in [1.29, 1.82) is 0 Å². The molecule has 1 atom stereocenters. The minimum absolute atomic E-state index is 0.0838. The number of nitrogens with zero attached hydrogens (tertiary/aromatic N) is 3. The normalized spacial score (nSPS) is 12.3. The van der Waals surface area contributed by atoms with Gasteiger partial charge in [-0.3, -0.25) is 14.5 Å². The van der Waals surface area contributed by atoms with Gasteiger partial charge in [0.15, 0.2) is 0 Å². The maximum absolute atomic E-state index is 12.5. The summed E-state index contributed by atoms with van der Waals surface area (Å²) in [5.41, 5.74) is 3.52. The number of nitrogens with one attached hydrogen (secondary N) is 1. The summed E-state index contributed by atoms with van der Waals surface area (Å²) in [6.45, 7) is 7.53. The minimum Gasteiger partial charge on any atom is -0.352 e. The molecule has 1 N–H and O–H groups in total. The number of hydrogen-bond donors (Lipinski definition) is 1. The molecule has 0 fully saturated rings. The van der Waals surface area contributed by atoms with Gasteiger partial charge < -0.3 is 5.32 Å². The molecule has 1 amide bonds. The van der Waals surface area contributed by atoms with Gasteiger partial charge in [-0.05, 0) is 38.0 Å². The van der Waals surface area contributed by atoms with Crippen LogP contribution >= 0.6 is 0 Å². The van der Waals surface area contributed by atoms with Crippen LogP contribution in [0.1, 0.15) is 28.7 Å². The Morgan fingerprint density at radius 1 is 1.25 bits per heavy atom. The number of hydrogen-bond acceptors (Lipinski definition) is 3. The molecule has 0 radical (unpaired) electrons. The van der Waals surface area contributed by atoms with E-state index in [-0.39, 0.29) is 11.8 Å². The first-order chi connectivity index (χ1) is 11.5. The lowest BCUT2D eigenvalue weighted by atomic mass is 10.1. The molecule has 5 heteroatoms. The number of fused-ring (bicyclic) bond motifs is 1. The molecule has 24 heavy (non-hydrogen) atoms. The van der Waals surface area contributed by atoms with E-state index >= 15 is 0 Å². The number of carbonyl (C=O) groups is 1. The fourth-order valence-electron chi connectivity index (χ4n) is 2.87. The van der Waals surface area contributed by atoms with Crippen molar-refractivity contribution in [3.05, 3.63) is 59.5 Å². The number of aromatic nitrogens is 3. The number of benzene rings is 1. The third-order valence-electron chi connectivity index (χ3n) is 4.08. The Morgan fingerprint density at radius 2 is 2.04 bits per heavy atom. The van der Waals surface area contributed by atoms with Crippen molar-refractivity contribution in [2.75, 3.05) is 6.54 Å². The van der Waals surface area contributed by atoms with Gasteiger partial charge in [-0.2, -0.15) is 5.10 Å². The van der Waals surface area contributed by atoms with Gasteiger partial charge in [0.05, 0.1) is 16.8 Å². The molecule has 0 spiro atoms. The van der Waals surface area contributed by atoms with E-state index in [9.17, 15) is 4.79 Å². The summed E-state index contributed by atoms with van der Waals surface area (Å²) < 4.78 is 1.99. The van der Waals surface area contributed by atoms with Crippen molar-refractivity contribution in [1.82, 2.24) is 20.1 Å². The maximum Gasteiger partial charge on any atom is 0.253 e. The molecule has 0 aliphatic rings. The zero-order chi connectivity index (χ0) is 17.1. The number of carbonyl (C=O) groups excluding carboxylic acids is 1. The molecule has 0 bridgehead atoms. The van der Waals surface area contributed by atoms with Crippen molar-refractivity contribution in [3.63, 3.8) is 0 Å². The van der Waals surface area contributed by atoms with Crippen LogP contribution in [0.25, 0.3) is 10.9 Å². The summed E-state index contributed by atoms with van der Waals surface area (Å²) in [6.07, 6.45) is 1.71. The lowest BCUT2D eigenvalue weighted by Gasteiger charge is -2.14. The summed E-state index contributed by atoms with van der Waals surface area (Å²) in [7, 11) is 0. The standard InChI is InChI=1S/C19H22N4O/c1-13(12-23-15(3)10-14(2)22-23)11-21-19(24)17-8-4-6-16-7-5-9-20-18(16)17/h4-10,13H,11-12H2,1-3H3,(H,21,24). The molecule has 5 nitrogen and oxygen atoms in total. The number of para-hydroxylation sites is 1. The second-order valence-electron chi connectivity index (χ2n) is 6.31. The monoisotopic (exact) mass is 322 g/mol. The van der Waals surface area contributed by atoms with Crippen molar-refractivity contribution < 1.29 is 4.79 Å². The van der Waals surface area contributed by atoms with E-state index in [0.717, 1.165) is 28.8 Å². The van der Waals surface area contributed by atoms with Crippen molar-refractivity contribution >= 4 is 16.8 Å². The molecule has 0 aliphatic carbocycles. The van der Waals surface area contributed by atoms with Crippen LogP contribution in [0.15, 0.2) is 42.6 Å². The van der Waals surface area contributed by atoms with Gasteiger partial charge in [-0.15, -0.1) is 0 Å². The summed E-state index contributed by atoms with van der Waals surface area (Å²) in [5.74, 6) is 0.203. The average molecular weight is 322 g/mol. The Hall–Kier alpha value is -2.69. The molecule has 3 rings (SSSR count). The van der Waals surface area contributed by atoms with Gasteiger partial charge in [-0.25, -0.2) is 0 Å². The predicted octanol–water partition coefficient (Wildman–Crippen LogP) is 3.11. The van der Waals surface area contributed by atoms with E-state index in [1.165, 1.54) is 0 Å². The lowest BCUT2D eigenvalue weighted by Crippen LogP contribution is -2.30. The maximum atomic E-state index is 12.5. The van der Waals surface area contributed by atoms with Gasteiger partial charge in [0.25, 0.3) is 5.91 Å². The lowest BCUT2D eigenvalue weighted by molar-refractivity contribution is 0.0948. The summed E-state index contributed by atoms with van der Waals surface area (Å²) in [4.78, 5) is 16.8. The number of aryl methyl sites for hydroxylation is 2. The molecule has 0 aliphatic heterocycles. The summed E-state index contributed by atoms with van der Waals surface area (Å²) in [5, 5.41) is 8.46. The van der Waals surface area contributed by atoms with E-state index in [1.54, 1.807) is 6.20 Å². The highest BCUT2D eigenvalue weighted by Crippen LogP contribution is 2.16. The Morgan fingerprint density at radius 3 is 2.79 bits per heavy atom. The van der Waals surface area contributed by atoms with E-state index in [4.69, 9.17) is 0 Å². The molecule has 3 aromatic rings. The van der Waals surface area contributed by atoms with Crippen LogP contribution in [-0.2, 0) is 6.54 Å². The highest BCUT2D eigenvalue weighted by Gasteiger charge is 2.13. The van der Waals surface area contributed by atoms with E-state index in [2.05, 4.69) is 28.4 Å². The summed E-state index contributed by atoms with van der Waals surface area (Å²) >= 11 is 0. The largest absolute Gasteiger partial charge is 0.352 e. The zero-order valence-electron chi connectivity index (χ0n) is 14.3. The third-order valence-corrected chi connectivity index (χ3v) is 4.08. The van der Waals surface area contributed by atoms with Crippen LogP contribution < -0.4 is 5.32 Å². The minimum atomic E-state index is -0.0838. The Bertz CT molecular complexity index is 863. The first-order valence-corrected chi connectivity index (χ1v) is 8.17. The molecule has 2 aromatic heterocycles. The SMILES string of the molecule is Cc1cc(C)n(CC(C)CNC(=O)c2cccc3cccnc23)n1. The smallest absolute Gasteiger partial charge is 0.253 e. The van der Waals surface area contributed by atoms with Crippen LogP contribution in [0.2, 0.25) is 0 Å². The Kier molecular flexibility index (Phi) is 4.60. The molecule has 124 valence electrons. The Balaban J connectivity index is 1.65. The van der Waals surface area contributed by atoms with Gasteiger partial charge in [0, 0.05) is 30.4 Å². The topological polar surface area (TPSA) is 59.8 Å². The zero-order valence-corrected chi connectivity index (χ0v) is 14.3. The second kappa shape index (κ2) is 6.83. The van der Waals surface area contributed by atoms with Crippen LogP contribution in [-0.4, -0.2) is 27.2 Å². The van der Waals surface area contributed by atoms with E-state index < -0.39 is 0 Å². The van der Waals surface area contributed by atoms with E-state index in [0.29, 0.717) is 12.1 Å². The Labute approximate surface area is 141 Å². The molecule has 0 saturated carbocycles. The molecule has 1 aromatic carbocycles. The highest BCUT2D eigenvalue weighted by atomic mass is 16.1. The van der Waals surface area contributed by atoms with Gasteiger partial charge in [0.2, 0.25) is 0 Å². The van der Waals surface area contributed by atoms with Gasteiger partial charge in [0.1, 0.15) is 0 Å². The van der Waals surface area contributed by atoms with Crippen LogP contribution in [0, 0.1) is 19.8 Å². The number of pyridine rings is 1. The highest BCUT2D eigenvalue weighted by molar-refractivity contribution is 6.05. The first-order valence-electron chi connectivity index (χ1n) is 8.17. The van der Waals surface area contributed by atoms with Crippen LogP contribution in [0.3, 0.4) is 0 Å². The fourth-order valence-corrected chi connectivity index (χ4v) is 2.87. The number of rotatable bonds is 5. The van der Waals surface area contributed by atoms with Crippen molar-refractivity contribution in [3.8, 4) is 0 Å². The first kappa shape index (κ1) is 16.2. The van der Waals surface area contributed by atoms with Gasteiger partial charge in [-0.1, -0.05) is 25.1 Å². The van der Waals surface area contributed by atoms with Crippen molar-refractivity contribution in [2.45, 2.75) is 27.3 Å². The van der Waals surface area contributed by atoms with Crippen LogP contribution in [0.4, 0.5) is 0 Å². The average Bonchev–Trinajstić information content (AvgIpc) is 2.89. The third kappa shape index (κ3) is 3.45. The van der Waals surface area contributed by atoms with Crippen molar-refractivity contribution in [2.24, 2.45) is 5.92 Å². The van der Waals surface area contributed by atoms with E-state index in [1.807, 2.05) is 48.9 Å². The molecule has 0 saturated heterocycles. The summed E-state index contributed by atoms with van der Waals surface area (Å²) in [6, 6.07) is 11.6. The van der Waals surface area contributed by atoms with Crippen LogP contribution in [0.5, 0.6) is 0 Å².